The predicted molar refractivity (Wildman–Crippen MR) is 82.3 cm³/mol. The van der Waals surface area contributed by atoms with Crippen LogP contribution in [0.5, 0.6) is 0 Å². The normalized spacial score (nSPS) is 11.2. The molecule has 2 rings (SSSR count). The van der Waals surface area contributed by atoms with Gasteiger partial charge in [0.15, 0.2) is 0 Å². The molecule has 0 aliphatic rings. The summed E-state index contributed by atoms with van der Waals surface area (Å²) in [4.78, 5) is 11.7. The van der Waals surface area contributed by atoms with Crippen LogP contribution in [-0.4, -0.2) is 6.09 Å². The Bertz CT molecular complexity index is 653. The average molecular weight is 345 g/mol. The highest BCUT2D eigenvalue weighted by Crippen LogP contribution is 2.18. The van der Waals surface area contributed by atoms with Crippen molar-refractivity contribution in [3.63, 3.8) is 0 Å². The summed E-state index contributed by atoms with van der Waals surface area (Å²) in [5, 5.41) is 11.7. The SMILES string of the molecule is N#C[C@@H](NC(=O)OCc1ccccc1)c1cccc(Br)c1. The Morgan fingerprint density at radius 2 is 2.00 bits per heavy atom. The Balaban J connectivity index is 1.93. The fourth-order valence-electron chi connectivity index (χ4n) is 1.76. The maximum absolute atomic E-state index is 11.7. The molecule has 2 aromatic rings. The summed E-state index contributed by atoms with van der Waals surface area (Å²) in [5.41, 5.74) is 1.59. The van der Waals surface area contributed by atoms with Crippen LogP contribution in [0.4, 0.5) is 4.79 Å². The molecule has 0 heterocycles. The van der Waals surface area contributed by atoms with Crippen LogP contribution < -0.4 is 5.32 Å². The number of halogens is 1. The minimum atomic E-state index is -0.745. The molecule has 1 atom stereocenters. The number of rotatable bonds is 4. The average Bonchev–Trinajstić information content (AvgIpc) is 2.51. The molecule has 0 unspecified atom stereocenters. The smallest absolute Gasteiger partial charge is 0.408 e. The van der Waals surface area contributed by atoms with Gasteiger partial charge in [0.1, 0.15) is 12.6 Å². The quantitative estimate of drug-likeness (QED) is 0.913. The zero-order valence-corrected chi connectivity index (χ0v) is 12.7. The number of carbonyl (C=O) groups excluding carboxylic acids is 1. The van der Waals surface area contributed by atoms with E-state index in [0.717, 1.165) is 10.0 Å². The van der Waals surface area contributed by atoms with Crippen molar-refractivity contribution in [1.29, 1.82) is 5.26 Å². The van der Waals surface area contributed by atoms with Gasteiger partial charge >= 0.3 is 6.09 Å². The van der Waals surface area contributed by atoms with Crippen LogP contribution in [0, 0.1) is 11.3 Å². The molecule has 106 valence electrons. The Morgan fingerprint density at radius 1 is 1.24 bits per heavy atom. The van der Waals surface area contributed by atoms with Gasteiger partial charge in [0.2, 0.25) is 0 Å². The van der Waals surface area contributed by atoms with Crippen LogP contribution in [0.1, 0.15) is 17.2 Å². The van der Waals surface area contributed by atoms with E-state index in [1.54, 1.807) is 18.2 Å². The van der Waals surface area contributed by atoms with Gasteiger partial charge in [0, 0.05) is 4.47 Å². The van der Waals surface area contributed by atoms with Gasteiger partial charge in [-0.25, -0.2) is 4.79 Å². The molecular weight excluding hydrogens is 332 g/mol. The van der Waals surface area contributed by atoms with Crippen LogP contribution in [-0.2, 0) is 11.3 Å². The highest BCUT2D eigenvalue weighted by Gasteiger charge is 2.14. The van der Waals surface area contributed by atoms with Crippen LogP contribution in [0.3, 0.4) is 0 Å². The van der Waals surface area contributed by atoms with E-state index in [1.807, 2.05) is 42.5 Å². The second kappa shape index (κ2) is 7.46. The zero-order valence-electron chi connectivity index (χ0n) is 11.1. The summed E-state index contributed by atoms with van der Waals surface area (Å²) >= 11 is 3.33. The number of nitriles is 1. The number of nitrogens with zero attached hydrogens (tertiary/aromatic N) is 1. The van der Waals surface area contributed by atoms with E-state index in [1.165, 1.54) is 0 Å². The highest BCUT2D eigenvalue weighted by atomic mass is 79.9. The first-order chi connectivity index (χ1) is 10.2. The first-order valence-electron chi connectivity index (χ1n) is 6.31. The van der Waals surface area contributed by atoms with Gasteiger partial charge in [-0.15, -0.1) is 0 Å². The van der Waals surface area contributed by atoms with Crippen LogP contribution >= 0.6 is 15.9 Å². The molecule has 21 heavy (non-hydrogen) atoms. The number of hydrogen-bond donors (Lipinski definition) is 1. The number of alkyl carbamates (subject to hydrolysis) is 1. The number of nitrogens with one attached hydrogen (secondary N) is 1. The Kier molecular flexibility index (Phi) is 5.35. The van der Waals surface area contributed by atoms with E-state index in [9.17, 15) is 4.79 Å². The van der Waals surface area contributed by atoms with E-state index in [4.69, 9.17) is 10.00 Å². The molecule has 0 bridgehead atoms. The van der Waals surface area contributed by atoms with Gasteiger partial charge < -0.3 is 10.1 Å². The summed E-state index contributed by atoms with van der Waals surface area (Å²) in [6, 6.07) is 17.9. The third-order valence-electron chi connectivity index (χ3n) is 2.79. The molecule has 0 aromatic heterocycles. The van der Waals surface area contributed by atoms with Crippen molar-refractivity contribution < 1.29 is 9.53 Å². The Hall–Kier alpha value is -2.32. The molecule has 2 aromatic carbocycles. The summed E-state index contributed by atoms with van der Waals surface area (Å²) in [6.07, 6.45) is -0.620. The molecule has 1 amide bonds. The van der Waals surface area contributed by atoms with Gasteiger partial charge in [-0.2, -0.15) is 5.26 Å². The van der Waals surface area contributed by atoms with Gasteiger partial charge in [0.05, 0.1) is 6.07 Å². The molecular formula is C16H13BrN2O2. The van der Waals surface area contributed by atoms with Crippen molar-refractivity contribution in [2.45, 2.75) is 12.6 Å². The van der Waals surface area contributed by atoms with Crippen molar-refractivity contribution in [1.82, 2.24) is 5.32 Å². The first-order valence-corrected chi connectivity index (χ1v) is 7.10. The molecule has 0 saturated carbocycles. The van der Waals surface area contributed by atoms with Crippen LogP contribution in [0.25, 0.3) is 0 Å². The predicted octanol–water partition coefficient (Wildman–Crippen LogP) is 3.94. The van der Waals surface area contributed by atoms with E-state index in [0.29, 0.717) is 5.56 Å². The summed E-state index contributed by atoms with van der Waals surface area (Å²) in [7, 11) is 0. The van der Waals surface area contributed by atoms with Crippen molar-refractivity contribution in [3.8, 4) is 6.07 Å². The largest absolute Gasteiger partial charge is 0.445 e. The number of hydrogen-bond acceptors (Lipinski definition) is 3. The van der Waals surface area contributed by atoms with Crippen LogP contribution in [0.15, 0.2) is 59.1 Å². The molecule has 5 heteroatoms. The number of benzene rings is 2. The number of carbonyl (C=O) groups is 1. The molecule has 1 N–H and O–H groups in total. The fraction of sp³-hybridized carbons (Fsp3) is 0.125. The van der Waals surface area contributed by atoms with Crippen molar-refractivity contribution >= 4 is 22.0 Å². The van der Waals surface area contributed by atoms with Gasteiger partial charge in [-0.3, -0.25) is 0 Å². The number of ether oxygens (including phenoxy) is 1. The van der Waals surface area contributed by atoms with Gasteiger partial charge in [0.25, 0.3) is 0 Å². The maximum Gasteiger partial charge on any atom is 0.408 e. The maximum atomic E-state index is 11.7. The van der Waals surface area contributed by atoms with Gasteiger partial charge in [-0.05, 0) is 23.3 Å². The second-order valence-electron chi connectivity index (χ2n) is 4.32. The molecule has 0 aliphatic heterocycles. The van der Waals surface area contributed by atoms with E-state index in [2.05, 4.69) is 21.2 Å². The summed E-state index contributed by atoms with van der Waals surface area (Å²) in [6.45, 7) is 0.170. The minimum Gasteiger partial charge on any atom is -0.445 e. The lowest BCUT2D eigenvalue weighted by molar-refractivity contribution is 0.137. The second-order valence-corrected chi connectivity index (χ2v) is 5.24. The lowest BCUT2D eigenvalue weighted by Gasteiger charge is -2.12. The summed E-state index contributed by atoms with van der Waals surface area (Å²) in [5.74, 6) is 0. The van der Waals surface area contributed by atoms with E-state index in [-0.39, 0.29) is 6.61 Å². The first kappa shape index (κ1) is 15.1. The molecule has 4 nitrogen and oxygen atoms in total. The molecule has 0 aliphatic carbocycles. The molecule has 0 fully saturated rings. The van der Waals surface area contributed by atoms with Crippen LogP contribution in [0.2, 0.25) is 0 Å². The fourth-order valence-corrected chi connectivity index (χ4v) is 2.18. The zero-order chi connectivity index (χ0) is 15.1. The Morgan fingerprint density at radius 3 is 2.67 bits per heavy atom. The topological polar surface area (TPSA) is 62.1 Å². The van der Waals surface area contributed by atoms with Crippen molar-refractivity contribution in [2.24, 2.45) is 0 Å². The Labute approximate surface area is 131 Å². The molecule has 0 spiro atoms. The van der Waals surface area contributed by atoms with Crippen molar-refractivity contribution in [2.75, 3.05) is 0 Å². The van der Waals surface area contributed by atoms with Crippen molar-refractivity contribution in [3.05, 3.63) is 70.2 Å². The van der Waals surface area contributed by atoms with E-state index < -0.39 is 12.1 Å². The lowest BCUT2D eigenvalue weighted by atomic mass is 10.1. The lowest BCUT2D eigenvalue weighted by Crippen LogP contribution is -2.28. The summed E-state index contributed by atoms with van der Waals surface area (Å²) < 4.78 is 5.95. The third-order valence-corrected chi connectivity index (χ3v) is 3.28. The highest BCUT2D eigenvalue weighted by molar-refractivity contribution is 9.10. The van der Waals surface area contributed by atoms with Gasteiger partial charge in [-0.1, -0.05) is 58.4 Å². The minimum absolute atomic E-state index is 0.170. The third kappa shape index (κ3) is 4.62. The standard InChI is InChI=1S/C16H13BrN2O2/c17-14-8-4-7-13(9-14)15(10-18)19-16(20)21-11-12-5-2-1-3-6-12/h1-9,15H,11H2,(H,19,20)/t15-/m1/s1. The molecule has 0 saturated heterocycles. The van der Waals surface area contributed by atoms with E-state index >= 15 is 0 Å². The number of amides is 1. The molecule has 0 radical (unpaired) electrons. The monoisotopic (exact) mass is 344 g/mol.